The van der Waals surface area contributed by atoms with Gasteiger partial charge in [-0.05, 0) is 37.5 Å². The summed E-state index contributed by atoms with van der Waals surface area (Å²) in [4.78, 5) is 32.3. The number of nitrogens with zero attached hydrogens (tertiary/aromatic N) is 4. The van der Waals surface area contributed by atoms with E-state index in [9.17, 15) is 18.0 Å². The van der Waals surface area contributed by atoms with E-state index >= 15 is 0 Å². The van der Waals surface area contributed by atoms with Gasteiger partial charge in [0.1, 0.15) is 22.0 Å². The van der Waals surface area contributed by atoms with E-state index in [4.69, 9.17) is 4.74 Å². The highest BCUT2D eigenvalue weighted by Gasteiger charge is 2.34. The van der Waals surface area contributed by atoms with Crippen molar-refractivity contribution in [2.24, 2.45) is 14.1 Å². The molecule has 1 aromatic carbocycles. The molecule has 4 rings (SSSR count). The zero-order chi connectivity index (χ0) is 22.5. The molecule has 1 unspecified atom stereocenters. The molecule has 0 saturated carbocycles. The number of rotatable bonds is 4. The fourth-order valence-corrected chi connectivity index (χ4v) is 5.81. The number of ether oxygens (including phenoxy) is 1. The lowest BCUT2D eigenvalue weighted by atomic mass is 9.99. The Hall–Kier alpha value is -2.92. The lowest BCUT2D eigenvalue weighted by Crippen LogP contribution is -2.39. The molecule has 1 aliphatic rings. The SMILES string of the molecule is COc1ccc(C)cc1S(=O)(=O)N1CCCC(c2nc3c([nH]2)c(=O)n(C)c(=O)n3C)C1. The summed E-state index contributed by atoms with van der Waals surface area (Å²) in [6, 6.07) is 5.06. The molecule has 1 N–H and O–H groups in total. The number of fused-ring (bicyclic) bond motifs is 1. The normalized spacial score (nSPS) is 17.9. The number of sulfonamides is 1. The minimum atomic E-state index is -3.78. The van der Waals surface area contributed by atoms with Crippen LogP contribution < -0.4 is 16.0 Å². The van der Waals surface area contributed by atoms with Gasteiger partial charge in [0.15, 0.2) is 5.65 Å². The topological polar surface area (TPSA) is 119 Å². The Kier molecular flexibility index (Phi) is 5.26. The van der Waals surface area contributed by atoms with Gasteiger partial charge in [0.25, 0.3) is 5.56 Å². The van der Waals surface area contributed by atoms with Gasteiger partial charge < -0.3 is 9.72 Å². The maximum atomic E-state index is 13.4. The van der Waals surface area contributed by atoms with Crippen LogP contribution in [-0.4, -0.2) is 52.0 Å². The quantitative estimate of drug-likeness (QED) is 0.633. The average molecular weight is 448 g/mol. The van der Waals surface area contributed by atoms with Crippen molar-refractivity contribution in [3.05, 3.63) is 50.4 Å². The van der Waals surface area contributed by atoms with E-state index in [1.165, 1.54) is 23.0 Å². The maximum Gasteiger partial charge on any atom is 0.332 e. The highest BCUT2D eigenvalue weighted by atomic mass is 32.2. The van der Waals surface area contributed by atoms with Crippen LogP contribution in [0.15, 0.2) is 32.7 Å². The van der Waals surface area contributed by atoms with E-state index in [-0.39, 0.29) is 28.5 Å². The maximum absolute atomic E-state index is 13.4. The molecule has 31 heavy (non-hydrogen) atoms. The monoisotopic (exact) mass is 447 g/mol. The number of aromatic nitrogens is 4. The minimum absolute atomic E-state index is 0.136. The molecule has 3 heterocycles. The average Bonchev–Trinajstić information content (AvgIpc) is 3.22. The molecule has 1 atom stereocenters. The van der Waals surface area contributed by atoms with Gasteiger partial charge in [-0.2, -0.15) is 4.31 Å². The standard InChI is InChI=1S/C20H25N5O5S/c1-12-7-8-14(30-4)15(10-12)31(28,29)25-9-5-6-13(11-25)17-21-16-18(22-17)23(2)20(27)24(3)19(16)26/h7-8,10,13H,5-6,9,11H2,1-4H3,(H,21,22). The molecule has 0 radical (unpaired) electrons. The second kappa shape index (κ2) is 7.65. The molecule has 0 amide bonds. The second-order valence-electron chi connectivity index (χ2n) is 7.88. The Morgan fingerprint density at radius 2 is 1.94 bits per heavy atom. The van der Waals surface area contributed by atoms with Gasteiger partial charge in [-0.25, -0.2) is 18.2 Å². The van der Waals surface area contributed by atoms with E-state index in [1.807, 2.05) is 6.92 Å². The largest absolute Gasteiger partial charge is 0.495 e. The van der Waals surface area contributed by atoms with Crippen molar-refractivity contribution in [1.29, 1.82) is 0 Å². The van der Waals surface area contributed by atoms with Crippen LogP contribution in [0.4, 0.5) is 0 Å². The Bertz CT molecular complexity index is 1390. The molecule has 3 aromatic rings. The summed E-state index contributed by atoms with van der Waals surface area (Å²) in [5.41, 5.74) is 0.405. The Balaban J connectivity index is 1.72. The van der Waals surface area contributed by atoms with E-state index in [1.54, 1.807) is 25.2 Å². The summed E-state index contributed by atoms with van der Waals surface area (Å²) in [5.74, 6) is 0.575. The van der Waals surface area contributed by atoms with Crippen LogP contribution in [-0.2, 0) is 24.1 Å². The first-order valence-electron chi connectivity index (χ1n) is 9.95. The minimum Gasteiger partial charge on any atom is -0.495 e. The first kappa shape index (κ1) is 21.3. The molecule has 166 valence electrons. The van der Waals surface area contributed by atoms with Gasteiger partial charge in [0.05, 0.1) is 7.11 Å². The van der Waals surface area contributed by atoms with E-state index < -0.39 is 21.3 Å². The van der Waals surface area contributed by atoms with Crippen LogP contribution in [0.25, 0.3) is 11.2 Å². The van der Waals surface area contributed by atoms with Crippen LogP contribution in [0, 0.1) is 6.92 Å². The first-order valence-corrected chi connectivity index (χ1v) is 11.4. The molecule has 11 heteroatoms. The van der Waals surface area contributed by atoms with Crippen LogP contribution >= 0.6 is 0 Å². The number of imidazole rings is 1. The Morgan fingerprint density at radius 3 is 2.65 bits per heavy atom. The fourth-order valence-electron chi connectivity index (χ4n) is 4.05. The highest BCUT2D eigenvalue weighted by Crippen LogP contribution is 2.33. The number of H-pyrrole nitrogens is 1. The van der Waals surface area contributed by atoms with E-state index in [0.717, 1.165) is 10.1 Å². The van der Waals surface area contributed by atoms with Gasteiger partial charge in [-0.3, -0.25) is 13.9 Å². The van der Waals surface area contributed by atoms with Crippen LogP contribution in [0.3, 0.4) is 0 Å². The zero-order valence-corrected chi connectivity index (χ0v) is 18.7. The third-order valence-corrected chi connectivity index (χ3v) is 7.71. The van der Waals surface area contributed by atoms with Gasteiger partial charge in [0, 0.05) is 33.1 Å². The summed E-state index contributed by atoms with van der Waals surface area (Å²) in [6.07, 6.45) is 1.36. The molecule has 10 nitrogen and oxygen atoms in total. The predicted octanol–water partition coefficient (Wildman–Crippen LogP) is 0.846. The summed E-state index contributed by atoms with van der Waals surface area (Å²) >= 11 is 0. The van der Waals surface area contributed by atoms with Gasteiger partial charge in [0.2, 0.25) is 10.0 Å². The summed E-state index contributed by atoms with van der Waals surface area (Å²) < 4.78 is 35.8. The van der Waals surface area contributed by atoms with Crippen LogP contribution in [0.5, 0.6) is 5.75 Å². The Labute approximate surface area is 179 Å². The Morgan fingerprint density at radius 1 is 1.19 bits per heavy atom. The highest BCUT2D eigenvalue weighted by molar-refractivity contribution is 7.89. The molecule has 2 aromatic heterocycles. The number of hydrogen-bond donors (Lipinski definition) is 1. The van der Waals surface area contributed by atoms with Gasteiger partial charge >= 0.3 is 5.69 Å². The second-order valence-corrected chi connectivity index (χ2v) is 9.79. The summed E-state index contributed by atoms with van der Waals surface area (Å²) in [5, 5.41) is 0. The zero-order valence-electron chi connectivity index (χ0n) is 17.9. The number of hydrogen-bond acceptors (Lipinski definition) is 6. The molecular weight excluding hydrogens is 422 g/mol. The molecule has 0 bridgehead atoms. The number of piperidine rings is 1. The molecule has 1 saturated heterocycles. The first-order chi connectivity index (χ1) is 14.6. The lowest BCUT2D eigenvalue weighted by Gasteiger charge is -2.31. The number of benzene rings is 1. The molecular formula is C20H25N5O5S. The smallest absolute Gasteiger partial charge is 0.332 e. The number of aromatic amines is 1. The summed E-state index contributed by atoms with van der Waals surface area (Å²) in [6.45, 7) is 2.43. The fraction of sp³-hybridized carbons (Fsp3) is 0.450. The number of aryl methyl sites for hydroxylation is 2. The van der Waals surface area contributed by atoms with Crippen LogP contribution in [0.1, 0.15) is 30.1 Å². The predicted molar refractivity (Wildman–Crippen MR) is 115 cm³/mol. The van der Waals surface area contributed by atoms with Crippen molar-refractivity contribution in [3.63, 3.8) is 0 Å². The number of nitrogens with one attached hydrogen (secondary N) is 1. The van der Waals surface area contributed by atoms with Crippen molar-refractivity contribution in [3.8, 4) is 5.75 Å². The molecule has 0 aliphatic carbocycles. The van der Waals surface area contributed by atoms with Gasteiger partial charge in [-0.1, -0.05) is 6.07 Å². The lowest BCUT2D eigenvalue weighted by molar-refractivity contribution is 0.308. The van der Waals surface area contributed by atoms with Crippen LogP contribution in [0.2, 0.25) is 0 Å². The third kappa shape index (κ3) is 3.47. The van der Waals surface area contributed by atoms with Gasteiger partial charge in [-0.15, -0.1) is 0 Å². The van der Waals surface area contributed by atoms with Crippen molar-refractivity contribution in [2.45, 2.75) is 30.6 Å². The van der Waals surface area contributed by atoms with Crippen molar-refractivity contribution in [2.75, 3.05) is 20.2 Å². The molecule has 1 fully saturated rings. The molecule has 0 spiro atoms. The van der Waals surface area contributed by atoms with Crippen molar-refractivity contribution < 1.29 is 13.2 Å². The van der Waals surface area contributed by atoms with Crippen molar-refractivity contribution in [1.82, 2.24) is 23.4 Å². The van der Waals surface area contributed by atoms with E-state index in [0.29, 0.717) is 31.0 Å². The van der Waals surface area contributed by atoms with E-state index in [2.05, 4.69) is 9.97 Å². The molecule has 1 aliphatic heterocycles. The third-order valence-electron chi connectivity index (χ3n) is 5.82. The number of methoxy groups -OCH3 is 1. The summed E-state index contributed by atoms with van der Waals surface area (Å²) in [7, 11) is 0.627. The van der Waals surface area contributed by atoms with Crippen molar-refractivity contribution >= 4 is 21.2 Å².